The molecule has 0 radical (unpaired) electrons. The summed E-state index contributed by atoms with van der Waals surface area (Å²) in [5.74, 6) is 0.420. The van der Waals surface area contributed by atoms with Gasteiger partial charge < -0.3 is 10.4 Å². The van der Waals surface area contributed by atoms with Crippen LogP contribution in [0.3, 0.4) is 0 Å². The molecule has 0 heterocycles. The number of carbonyl (C=O) groups is 1. The first-order chi connectivity index (χ1) is 6.79. The molecule has 2 atom stereocenters. The molecule has 0 spiro atoms. The fraction of sp³-hybridized carbons (Fsp3) is 0.917. The number of nitrogens with one attached hydrogen (secondary N) is 1. The Morgan fingerprint density at radius 3 is 2.33 bits per heavy atom. The number of aliphatic hydroxyl groups excluding tert-OH is 1. The first-order valence-electron chi connectivity index (χ1n) is 5.76. The van der Waals surface area contributed by atoms with Gasteiger partial charge in [0.05, 0.1) is 6.10 Å². The molecule has 0 aromatic rings. The maximum atomic E-state index is 11.7. The van der Waals surface area contributed by atoms with Crippen LogP contribution in [0, 0.1) is 11.3 Å². The van der Waals surface area contributed by atoms with E-state index in [1.165, 1.54) is 0 Å². The van der Waals surface area contributed by atoms with Crippen LogP contribution in [-0.4, -0.2) is 23.7 Å². The van der Waals surface area contributed by atoms with E-state index in [0.29, 0.717) is 12.5 Å². The second-order valence-electron chi connectivity index (χ2n) is 5.14. The van der Waals surface area contributed by atoms with E-state index in [4.69, 9.17) is 0 Å². The Kier molecular flexibility index (Phi) is 5.88. The highest BCUT2D eigenvalue weighted by Crippen LogP contribution is 2.19. The highest BCUT2D eigenvalue weighted by molar-refractivity contribution is 5.81. The molecule has 0 rings (SSSR count). The molecule has 0 aromatic carbocycles. The minimum Gasteiger partial charge on any atom is -0.393 e. The SMILES string of the molecule is CCC(C)(C)C(=O)NCC(C)CC(C)O. The molecule has 2 N–H and O–H groups in total. The van der Waals surface area contributed by atoms with Crippen LogP contribution in [0.15, 0.2) is 0 Å². The van der Waals surface area contributed by atoms with Gasteiger partial charge in [0.25, 0.3) is 0 Å². The van der Waals surface area contributed by atoms with Crippen LogP contribution in [-0.2, 0) is 4.79 Å². The van der Waals surface area contributed by atoms with Crippen molar-refractivity contribution in [1.29, 1.82) is 0 Å². The Morgan fingerprint density at radius 2 is 1.93 bits per heavy atom. The summed E-state index contributed by atoms with van der Waals surface area (Å²) < 4.78 is 0. The molecule has 90 valence electrons. The van der Waals surface area contributed by atoms with Gasteiger partial charge in [-0.1, -0.05) is 27.7 Å². The van der Waals surface area contributed by atoms with Crippen molar-refractivity contribution < 1.29 is 9.90 Å². The van der Waals surface area contributed by atoms with Crippen molar-refractivity contribution in [2.45, 2.75) is 53.6 Å². The highest BCUT2D eigenvalue weighted by Gasteiger charge is 2.25. The van der Waals surface area contributed by atoms with Gasteiger partial charge >= 0.3 is 0 Å². The molecule has 0 fully saturated rings. The number of amides is 1. The molecule has 0 saturated heterocycles. The molecule has 2 unspecified atom stereocenters. The fourth-order valence-electron chi connectivity index (χ4n) is 1.33. The van der Waals surface area contributed by atoms with E-state index < -0.39 is 0 Å². The summed E-state index contributed by atoms with van der Waals surface area (Å²) in [4.78, 5) is 11.7. The number of hydrogen-bond donors (Lipinski definition) is 2. The first kappa shape index (κ1) is 14.4. The topological polar surface area (TPSA) is 49.3 Å². The van der Waals surface area contributed by atoms with Gasteiger partial charge in [0.1, 0.15) is 0 Å². The number of hydrogen-bond acceptors (Lipinski definition) is 2. The van der Waals surface area contributed by atoms with Gasteiger partial charge in [-0.15, -0.1) is 0 Å². The van der Waals surface area contributed by atoms with Gasteiger partial charge in [-0.3, -0.25) is 4.79 Å². The van der Waals surface area contributed by atoms with Gasteiger partial charge in [0.15, 0.2) is 0 Å². The lowest BCUT2D eigenvalue weighted by Crippen LogP contribution is -2.39. The van der Waals surface area contributed by atoms with Crippen molar-refractivity contribution in [3.05, 3.63) is 0 Å². The third-order valence-electron chi connectivity index (χ3n) is 2.85. The van der Waals surface area contributed by atoms with Crippen molar-refractivity contribution >= 4 is 5.91 Å². The number of rotatable bonds is 6. The Morgan fingerprint density at radius 1 is 1.40 bits per heavy atom. The van der Waals surface area contributed by atoms with Gasteiger partial charge in [-0.25, -0.2) is 0 Å². The van der Waals surface area contributed by atoms with E-state index in [-0.39, 0.29) is 17.4 Å². The van der Waals surface area contributed by atoms with Crippen molar-refractivity contribution in [2.24, 2.45) is 11.3 Å². The molecule has 0 saturated carbocycles. The van der Waals surface area contributed by atoms with Crippen LogP contribution in [0.5, 0.6) is 0 Å². The molecule has 3 heteroatoms. The molecule has 0 aliphatic carbocycles. The third kappa shape index (κ3) is 5.78. The zero-order valence-corrected chi connectivity index (χ0v) is 10.6. The van der Waals surface area contributed by atoms with Gasteiger partial charge in [0.2, 0.25) is 5.91 Å². The van der Waals surface area contributed by atoms with E-state index in [2.05, 4.69) is 5.32 Å². The Balaban J connectivity index is 3.90. The lowest BCUT2D eigenvalue weighted by molar-refractivity contribution is -0.129. The van der Waals surface area contributed by atoms with Crippen molar-refractivity contribution in [1.82, 2.24) is 5.32 Å². The van der Waals surface area contributed by atoms with Crippen LogP contribution in [0.2, 0.25) is 0 Å². The molecular formula is C12H25NO2. The second kappa shape index (κ2) is 6.11. The molecule has 15 heavy (non-hydrogen) atoms. The number of aliphatic hydroxyl groups is 1. The minimum atomic E-state index is -0.295. The normalized spacial score (nSPS) is 15.9. The second-order valence-corrected chi connectivity index (χ2v) is 5.14. The molecule has 1 amide bonds. The van der Waals surface area contributed by atoms with E-state index in [1.807, 2.05) is 27.7 Å². The first-order valence-corrected chi connectivity index (χ1v) is 5.76. The zero-order chi connectivity index (χ0) is 12.1. The fourth-order valence-corrected chi connectivity index (χ4v) is 1.33. The van der Waals surface area contributed by atoms with Gasteiger partial charge in [-0.05, 0) is 25.7 Å². The van der Waals surface area contributed by atoms with Crippen LogP contribution in [0.1, 0.15) is 47.5 Å². The summed E-state index contributed by atoms with van der Waals surface area (Å²) in [7, 11) is 0. The summed E-state index contributed by atoms with van der Waals surface area (Å²) >= 11 is 0. The smallest absolute Gasteiger partial charge is 0.225 e. The lowest BCUT2D eigenvalue weighted by Gasteiger charge is -2.23. The maximum Gasteiger partial charge on any atom is 0.225 e. The molecular weight excluding hydrogens is 190 g/mol. The Labute approximate surface area is 93.3 Å². The van der Waals surface area contributed by atoms with E-state index >= 15 is 0 Å². The zero-order valence-electron chi connectivity index (χ0n) is 10.6. The largest absolute Gasteiger partial charge is 0.393 e. The summed E-state index contributed by atoms with van der Waals surface area (Å²) in [6.45, 7) is 10.4. The summed E-state index contributed by atoms with van der Waals surface area (Å²) in [6, 6.07) is 0. The average molecular weight is 215 g/mol. The van der Waals surface area contributed by atoms with Crippen LogP contribution in [0.25, 0.3) is 0 Å². The molecule has 0 aliphatic heterocycles. The third-order valence-corrected chi connectivity index (χ3v) is 2.85. The van der Waals surface area contributed by atoms with Gasteiger partial charge in [-0.2, -0.15) is 0 Å². The minimum absolute atomic E-state index is 0.0995. The predicted octanol–water partition coefficient (Wildman–Crippen LogP) is 1.95. The summed E-state index contributed by atoms with van der Waals surface area (Å²) in [5, 5.41) is 12.1. The number of carbonyl (C=O) groups excluding carboxylic acids is 1. The standard InChI is InChI=1S/C12H25NO2/c1-6-12(4,5)11(15)13-8-9(2)7-10(3)14/h9-10,14H,6-8H2,1-5H3,(H,13,15). The van der Waals surface area contributed by atoms with Gasteiger partial charge in [0, 0.05) is 12.0 Å². The summed E-state index contributed by atoms with van der Waals surface area (Å²) in [5.41, 5.74) is -0.287. The van der Waals surface area contributed by atoms with Crippen LogP contribution in [0.4, 0.5) is 0 Å². The van der Waals surface area contributed by atoms with Crippen molar-refractivity contribution in [3.63, 3.8) is 0 Å². The van der Waals surface area contributed by atoms with Crippen molar-refractivity contribution in [2.75, 3.05) is 6.54 Å². The quantitative estimate of drug-likeness (QED) is 0.711. The van der Waals surface area contributed by atoms with Crippen LogP contribution >= 0.6 is 0 Å². The molecule has 0 aliphatic rings. The Hall–Kier alpha value is -0.570. The van der Waals surface area contributed by atoms with E-state index in [1.54, 1.807) is 6.92 Å². The van der Waals surface area contributed by atoms with E-state index in [9.17, 15) is 9.90 Å². The molecule has 3 nitrogen and oxygen atoms in total. The maximum absolute atomic E-state index is 11.7. The highest BCUT2D eigenvalue weighted by atomic mass is 16.3. The lowest BCUT2D eigenvalue weighted by atomic mass is 9.89. The van der Waals surface area contributed by atoms with Crippen molar-refractivity contribution in [3.8, 4) is 0 Å². The van der Waals surface area contributed by atoms with E-state index in [0.717, 1.165) is 12.8 Å². The summed E-state index contributed by atoms with van der Waals surface area (Å²) in [6.07, 6.45) is 1.27. The average Bonchev–Trinajstić information content (AvgIpc) is 2.13. The monoisotopic (exact) mass is 215 g/mol. The molecule has 0 aromatic heterocycles. The Bertz CT molecular complexity index is 200. The van der Waals surface area contributed by atoms with Crippen LogP contribution < -0.4 is 5.32 Å². The molecule has 0 bridgehead atoms. The predicted molar refractivity (Wildman–Crippen MR) is 62.5 cm³/mol.